The Morgan fingerprint density at radius 1 is 1.70 bits per heavy atom. The second-order valence-corrected chi connectivity index (χ2v) is 4.65. The lowest BCUT2D eigenvalue weighted by molar-refractivity contribution is -0.0459. The van der Waals surface area contributed by atoms with Crippen molar-refractivity contribution >= 4 is 5.82 Å². The fourth-order valence-corrected chi connectivity index (χ4v) is 2.14. The van der Waals surface area contributed by atoms with Crippen LogP contribution in [0.5, 0.6) is 0 Å². The smallest absolute Gasteiger partial charge is 0.351 e. The van der Waals surface area contributed by atoms with Gasteiger partial charge < -0.3 is 26.4 Å². The van der Waals surface area contributed by atoms with E-state index in [1.165, 1.54) is 16.8 Å². The summed E-state index contributed by atoms with van der Waals surface area (Å²) in [6.07, 6.45) is 0.835. The third kappa shape index (κ3) is 2.59. The molecule has 20 heavy (non-hydrogen) atoms. The van der Waals surface area contributed by atoms with Gasteiger partial charge in [0.05, 0.1) is 18.8 Å². The fraction of sp³-hybridized carbons (Fsp3) is 0.500. The molecule has 2 rings (SSSR count). The second-order valence-electron chi connectivity index (χ2n) is 4.65. The van der Waals surface area contributed by atoms with Crippen LogP contribution in [0.1, 0.15) is 24.3 Å². The minimum Gasteiger partial charge on any atom is -0.394 e. The topological polar surface area (TPSA) is 137 Å². The van der Waals surface area contributed by atoms with E-state index >= 15 is 0 Å². The lowest BCUT2D eigenvalue weighted by atomic mass is 10.1. The van der Waals surface area contributed by atoms with E-state index in [1.807, 2.05) is 0 Å². The summed E-state index contributed by atoms with van der Waals surface area (Å²) in [5.74, 6) is 0.0379. The number of aromatic nitrogens is 2. The zero-order valence-corrected chi connectivity index (χ0v) is 10.8. The van der Waals surface area contributed by atoms with Gasteiger partial charge >= 0.3 is 5.69 Å². The summed E-state index contributed by atoms with van der Waals surface area (Å²) < 4.78 is 6.63. The van der Waals surface area contributed by atoms with Crippen LogP contribution in [-0.2, 0) is 4.74 Å². The summed E-state index contributed by atoms with van der Waals surface area (Å²) in [6.45, 7) is 3.24. The van der Waals surface area contributed by atoms with Gasteiger partial charge in [0.25, 0.3) is 0 Å². The minimum absolute atomic E-state index is 0.0379. The Morgan fingerprint density at radius 3 is 2.95 bits per heavy atom. The summed E-state index contributed by atoms with van der Waals surface area (Å²) in [7, 11) is 0. The number of nitrogen functional groups attached to an aromatic ring is 1. The van der Waals surface area contributed by atoms with Crippen LogP contribution in [0.2, 0.25) is 0 Å². The highest BCUT2D eigenvalue weighted by molar-refractivity contribution is 5.40. The van der Waals surface area contributed by atoms with Gasteiger partial charge in [-0.25, -0.2) is 4.79 Å². The van der Waals surface area contributed by atoms with Gasteiger partial charge in [0.15, 0.2) is 0 Å². The molecule has 0 bridgehead atoms. The molecule has 0 aromatic carbocycles. The van der Waals surface area contributed by atoms with Crippen molar-refractivity contribution in [1.82, 2.24) is 9.55 Å². The van der Waals surface area contributed by atoms with Gasteiger partial charge in [0.2, 0.25) is 0 Å². The van der Waals surface area contributed by atoms with Crippen molar-refractivity contribution in [3.8, 4) is 0 Å². The first-order valence-corrected chi connectivity index (χ1v) is 6.19. The van der Waals surface area contributed by atoms with Crippen LogP contribution in [0.15, 0.2) is 23.6 Å². The van der Waals surface area contributed by atoms with Crippen LogP contribution >= 0.6 is 0 Å². The molecule has 8 nitrogen and oxygen atoms in total. The average molecular weight is 282 g/mol. The molecule has 6 N–H and O–H groups in total. The van der Waals surface area contributed by atoms with E-state index in [0.717, 1.165) is 0 Å². The number of anilines is 1. The molecule has 0 radical (unpaired) electrons. The van der Waals surface area contributed by atoms with Crippen LogP contribution in [0.4, 0.5) is 5.82 Å². The van der Waals surface area contributed by atoms with E-state index in [0.29, 0.717) is 5.56 Å². The van der Waals surface area contributed by atoms with E-state index in [9.17, 15) is 9.90 Å². The highest BCUT2D eigenvalue weighted by Crippen LogP contribution is 2.28. The molecule has 1 unspecified atom stereocenters. The molecule has 1 aromatic rings. The Labute approximate surface area is 115 Å². The van der Waals surface area contributed by atoms with Gasteiger partial charge in [-0.1, -0.05) is 6.08 Å². The zero-order chi connectivity index (χ0) is 14.9. The fourth-order valence-electron chi connectivity index (χ4n) is 2.14. The minimum atomic E-state index is -0.842. The maximum absolute atomic E-state index is 11.9. The summed E-state index contributed by atoms with van der Waals surface area (Å²) in [5.41, 5.74) is 11.3. The number of ether oxygens (including phenoxy) is 1. The van der Waals surface area contributed by atoms with Crippen molar-refractivity contribution < 1.29 is 14.9 Å². The van der Waals surface area contributed by atoms with Crippen molar-refractivity contribution in [3.63, 3.8) is 0 Å². The van der Waals surface area contributed by atoms with Crippen LogP contribution < -0.4 is 17.2 Å². The van der Waals surface area contributed by atoms with Crippen molar-refractivity contribution in [2.24, 2.45) is 5.73 Å². The Kier molecular flexibility index (Phi) is 4.19. The molecule has 2 heterocycles. The van der Waals surface area contributed by atoms with E-state index in [2.05, 4.69) is 11.6 Å². The quantitative estimate of drug-likeness (QED) is 0.501. The molecule has 1 aromatic heterocycles. The summed E-state index contributed by atoms with van der Waals surface area (Å²) in [5, 5.41) is 18.8. The first-order valence-electron chi connectivity index (χ1n) is 6.19. The predicted octanol–water partition coefficient (Wildman–Crippen LogP) is -1.35. The molecule has 0 amide bonds. The normalized spacial score (nSPS) is 27.4. The number of hydrogen-bond acceptors (Lipinski definition) is 7. The van der Waals surface area contributed by atoms with Gasteiger partial charge in [-0.15, -0.1) is 6.58 Å². The number of nitrogens with two attached hydrogens (primary N) is 2. The number of aliphatic hydroxyl groups excluding tert-OH is 2. The van der Waals surface area contributed by atoms with E-state index in [-0.39, 0.29) is 18.8 Å². The third-order valence-electron chi connectivity index (χ3n) is 3.32. The molecule has 1 aliphatic rings. The van der Waals surface area contributed by atoms with Gasteiger partial charge in [-0.2, -0.15) is 4.98 Å². The van der Waals surface area contributed by atoms with Gasteiger partial charge in [0, 0.05) is 18.2 Å². The Morgan fingerprint density at radius 2 is 2.40 bits per heavy atom. The first kappa shape index (κ1) is 14.7. The van der Waals surface area contributed by atoms with Gasteiger partial charge in [-0.05, 0) is 0 Å². The molecular formula is C12H18N4O4. The molecule has 110 valence electrons. The lowest BCUT2D eigenvalue weighted by Crippen LogP contribution is -2.30. The highest BCUT2D eigenvalue weighted by atomic mass is 16.5. The third-order valence-corrected chi connectivity index (χ3v) is 3.32. The largest absolute Gasteiger partial charge is 0.394 e. The lowest BCUT2D eigenvalue weighted by Gasteiger charge is -2.17. The summed E-state index contributed by atoms with van der Waals surface area (Å²) in [6, 6.07) is -0.561. The number of aliphatic hydroxyl groups is 2. The second kappa shape index (κ2) is 5.71. The van der Waals surface area contributed by atoms with Crippen molar-refractivity contribution in [1.29, 1.82) is 0 Å². The maximum Gasteiger partial charge on any atom is 0.351 e. The Hall–Kier alpha value is -1.74. The molecule has 8 heteroatoms. The summed E-state index contributed by atoms with van der Waals surface area (Å²) >= 11 is 0. The van der Waals surface area contributed by atoms with E-state index in [1.54, 1.807) is 0 Å². The number of hydrogen-bond donors (Lipinski definition) is 4. The standard InChI is InChI=1S/C12H18N4O4/c1-2-7(13)6-4-16(12(19)15-11(6)14)10-3-8(18)9(5-17)20-10/h2,4,7-10,17-18H,1,3,5,13H2,(H2,14,15,19)/t7?,8-,9+,10+/m0/s1. The first-order chi connectivity index (χ1) is 9.47. The SMILES string of the molecule is C=CC(N)c1cn([C@H]2C[C@H](O)[C@@H](CO)O2)c(=O)nc1N. The molecular weight excluding hydrogens is 264 g/mol. The maximum atomic E-state index is 11.9. The monoisotopic (exact) mass is 282 g/mol. The molecule has 0 spiro atoms. The van der Waals surface area contributed by atoms with Crippen LogP contribution in [0, 0.1) is 0 Å². The zero-order valence-electron chi connectivity index (χ0n) is 10.8. The Balaban J connectivity index is 2.37. The van der Waals surface area contributed by atoms with Crippen LogP contribution in [-0.4, -0.2) is 38.6 Å². The number of nitrogens with zero attached hydrogens (tertiary/aromatic N) is 2. The van der Waals surface area contributed by atoms with Crippen molar-refractivity contribution in [2.45, 2.75) is 30.9 Å². The molecule has 1 fully saturated rings. The molecule has 0 saturated carbocycles. The van der Waals surface area contributed by atoms with E-state index < -0.39 is 30.2 Å². The van der Waals surface area contributed by atoms with E-state index in [4.69, 9.17) is 21.3 Å². The van der Waals surface area contributed by atoms with Crippen molar-refractivity contribution in [3.05, 3.63) is 34.9 Å². The van der Waals surface area contributed by atoms with Gasteiger partial charge in [0.1, 0.15) is 18.1 Å². The predicted molar refractivity (Wildman–Crippen MR) is 71.7 cm³/mol. The van der Waals surface area contributed by atoms with Crippen LogP contribution in [0.3, 0.4) is 0 Å². The Bertz CT molecular complexity index is 559. The van der Waals surface area contributed by atoms with Crippen LogP contribution in [0.25, 0.3) is 0 Å². The van der Waals surface area contributed by atoms with Gasteiger partial charge in [-0.3, -0.25) is 4.57 Å². The highest BCUT2D eigenvalue weighted by Gasteiger charge is 2.35. The summed E-state index contributed by atoms with van der Waals surface area (Å²) in [4.78, 5) is 15.6. The van der Waals surface area contributed by atoms with Crippen molar-refractivity contribution in [2.75, 3.05) is 12.3 Å². The molecule has 4 atom stereocenters. The molecule has 1 saturated heterocycles. The molecule has 1 aliphatic heterocycles. The number of rotatable bonds is 4. The molecule has 0 aliphatic carbocycles. The average Bonchev–Trinajstić information content (AvgIpc) is 2.79.